The molecule has 0 aromatic heterocycles. The number of thioether (sulfide) groups is 2. The molecule has 0 spiro atoms. The Morgan fingerprint density at radius 3 is 2.56 bits per heavy atom. The zero-order valence-electron chi connectivity index (χ0n) is 9.98. The zero-order valence-corrected chi connectivity index (χ0v) is 11.6. The van der Waals surface area contributed by atoms with Gasteiger partial charge in [0.15, 0.2) is 0 Å². The van der Waals surface area contributed by atoms with Crippen LogP contribution in [0.1, 0.15) is 22.1 Å². The molecule has 0 N–H and O–H groups in total. The summed E-state index contributed by atoms with van der Waals surface area (Å²) in [5, 5.41) is 0. The molecule has 1 aliphatic rings. The van der Waals surface area contributed by atoms with Crippen LogP contribution >= 0.6 is 23.5 Å². The molecule has 0 aliphatic carbocycles. The molecule has 16 heavy (non-hydrogen) atoms. The van der Waals surface area contributed by atoms with E-state index in [9.17, 15) is 0 Å². The van der Waals surface area contributed by atoms with Crippen molar-refractivity contribution in [3.05, 3.63) is 35.4 Å². The van der Waals surface area contributed by atoms with E-state index in [-0.39, 0.29) is 0 Å². The average molecular weight is 253 g/mol. The van der Waals surface area contributed by atoms with Crippen molar-refractivity contribution in [1.29, 1.82) is 0 Å². The number of nitrogens with zero attached hydrogens (tertiary/aromatic N) is 1. The summed E-state index contributed by atoms with van der Waals surface area (Å²) in [5.74, 6) is 2.63. The van der Waals surface area contributed by atoms with Gasteiger partial charge in [-0.15, -0.1) is 23.5 Å². The third-order valence-electron chi connectivity index (χ3n) is 2.62. The largest absolute Gasteiger partial charge is 0.305 e. The summed E-state index contributed by atoms with van der Waals surface area (Å²) in [6.45, 7) is 1.05. The second-order valence-electron chi connectivity index (χ2n) is 4.36. The van der Waals surface area contributed by atoms with Crippen molar-refractivity contribution in [2.75, 3.05) is 25.6 Å². The average Bonchev–Trinajstić information content (AvgIpc) is 2.30. The summed E-state index contributed by atoms with van der Waals surface area (Å²) in [7, 11) is 4.27. The van der Waals surface area contributed by atoms with Crippen molar-refractivity contribution in [2.24, 2.45) is 0 Å². The van der Waals surface area contributed by atoms with Crippen molar-refractivity contribution in [1.82, 2.24) is 4.90 Å². The summed E-state index contributed by atoms with van der Waals surface area (Å²) in [6, 6.07) is 8.89. The lowest BCUT2D eigenvalue weighted by Gasteiger charge is -2.24. The van der Waals surface area contributed by atoms with Gasteiger partial charge in [-0.2, -0.15) is 0 Å². The standard InChI is InChI=1S/C13H19NS2/c1-14(2)10-11-6-3-4-7-12(11)13-15-8-5-9-16-13/h3-4,6-7,13H,5,8-10H2,1-2H3. The van der Waals surface area contributed by atoms with Crippen LogP contribution in [0.3, 0.4) is 0 Å². The number of hydrogen-bond donors (Lipinski definition) is 0. The molecule has 0 bridgehead atoms. The van der Waals surface area contributed by atoms with Crippen molar-refractivity contribution in [2.45, 2.75) is 17.5 Å². The molecule has 1 aromatic rings. The van der Waals surface area contributed by atoms with Crippen LogP contribution in [0.4, 0.5) is 0 Å². The van der Waals surface area contributed by atoms with Crippen LogP contribution in [0.25, 0.3) is 0 Å². The van der Waals surface area contributed by atoms with Gasteiger partial charge in [-0.1, -0.05) is 24.3 Å². The molecule has 1 nitrogen and oxygen atoms in total. The van der Waals surface area contributed by atoms with Crippen LogP contribution in [-0.4, -0.2) is 30.5 Å². The third kappa shape index (κ3) is 3.19. The second kappa shape index (κ2) is 5.99. The number of hydrogen-bond acceptors (Lipinski definition) is 3. The predicted octanol–water partition coefficient (Wildman–Crippen LogP) is 3.62. The molecule has 1 heterocycles. The first-order valence-corrected chi connectivity index (χ1v) is 7.83. The van der Waals surface area contributed by atoms with Crippen molar-refractivity contribution in [3.63, 3.8) is 0 Å². The molecule has 2 rings (SSSR count). The normalized spacial score (nSPS) is 17.9. The van der Waals surface area contributed by atoms with Crippen LogP contribution in [0.2, 0.25) is 0 Å². The summed E-state index contributed by atoms with van der Waals surface area (Å²) >= 11 is 4.20. The van der Waals surface area contributed by atoms with Gasteiger partial charge in [0.25, 0.3) is 0 Å². The van der Waals surface area contributed by atoms with E-state index in [1.165, 1.54) is 29.1 Å². The summed E-state index contributed by atoms with van der Waals surface area (Å²) in [4.78, 5) is 2.25. The van der Waals surface area contributed by atoms with Crippen molar-refractivity contribution in [3.8, 4) is 0 Å². The van der Waals surface area contributed by atoms with E-state index in [1.807, 2.05) is 0 Å². The molecule has 1 aliphatic heterocycles. The van der Waals surface area contributed by atoms with Gasteiger partial charge in [-0.25, -0.2) is 0 Å². The van der Waals surface area contributed by atoms with Gasteiger partial charge in [0.1, 0.15) is 0 Å². The molecule has 1 saturated heterocycles. The topological polar surface area (TPSA) is 3.24 Å². The third-order valence-corrected chi connectivity index (χ3v) is 5.60. The molecular formula is C13H19NS2. The lowest BCUT2D eigenvalue weighted by molar-refractivity contribution is 0.401. The number of benzene rings is 1. The van der Waals surface area contributed by atoms with E-state index in [4.69, 9.17) is 0 Å². The highest BCUT2D eigenvalue weighted by atomic mass is 32.2. The smallest absolute Gasteiger partial charge is 0.0754 e. The maximum Gasteiger partial charge on any atom is 0.0754 e. The number of rotatable bonds is 3. The Labute approximate surface area is 107 Å². The maximum absolute atomic E-state index is 2.30. The molecule has 0 radical (unpaired) electrons. The fourth-order valence-corrected chi connectivity index (χ4v) is 4.93. The van der Waals surface area contributed by atoms with E-state index in [0.717, 1.165) is 6.54 Å². The zero-order chi connectivity index (χ0) is 11.4. The van der Waals surface area contributed by atoms with E-state index in [2.05, 4.69) is 66.8 Å². The Balaban J connectivity index is 2.17. The molecular weight excluding hydrogens is 234 g/mol. The van der Waals surface area contributed by atoms with Gasteiger partial charge < -0.3 is 4.90 Å². The van der Waals surface area contributed by atoms with Crippen molar-refractivity contribution >= 4 is 23.5 Å². The molecule has 1 fully saturated rings. The Kier molecular flexibility index (Phi) is 4.62. The maximum atomic E-state index is 2.30. The van der Waals surface area contributed by atoms with E-state index < -0.39 is 0 Å². The molecule has 0 amide bonds. The minimum absolute atomic E-state index is 0.657. The van der Waals surface area contributed by atoms with Gasteiger partial charge in [0.05, 0.1) is 4.58 Å². The predicted molar refractivity (Wildman–Crippen MR) is 76.1 cm³/mol. The monoisotopic (exact) mass is 253 g/mol. The van der Waals surface area contributed by atoms with Crippen molar-refractivity contribution < 1.29 is 0 Å². The highest BCUT2D eigenvalue weighted by molar-refractivity contribution is 8.16. The minimum atomic E-state index is 0.657. The molecule has 88 valence electrons. The minimum Gasteiger partial charge on any atom is -0.305 e. The fourth-order valence-electron chi connectivity index (χ4n) is 1.92. The first kappa shape index (κ1) is 12.3. The Hall–Kier alpha value is -0.120. The Bertz CT molecular complexity index is 332. The lowest BCUT2D eigenvalue weighted by Crippen LogP contribution is -2.13. The fraction of sp³-hybridized carbons (Fsp3) is 0.538. The van der Waals surface area contributed by atoms with Gasteiger partial charge in [0.2, 0.25) is 0 Å². The van der Waals surface area contributed by atoms with Gasteiger partial charge in [-0.3, -0.25) is 0 Å². The quantitative estimate of drug-likeness (QED) is 0.810. The summed E-state index contributed by atoms with van der Waals surface area (Å²) < 4.78 is 0.657. The highest BCUT2D eigenvalue weighted by Crippen LogP contribution is 2.44. The van der Waals surface area contributed by atoms with Crippen LogP contribution in [-0.2, 0) is 6.54 Å². The highest BCUT2D eigenvalue weighted by Gasteiger charge is 2.19. The van der Waals surface area contributed by atoms with Crippen LogP contribution in [0.5, 0.6) is 0 Å². The van der Waals surface area contributed by atoms with Gasteiger partial charge >= 0.3 is 0 Å². The van der Waals surface area contributed by atoms with E-state index in [0.29, 0.717) is 4.58 Å². The van der Waals surface area contributed by atoms with E-state index in [1.54, 1.807) is 0 Å². The molecule has 1 aromatic carbocycles. The SMILES string of the molecule is CN(C)Cc1ccccc1C1SCCCS1. The Morgan fingerprint density at radius 2 is 1.88 bits per heavy atom. The van der Waals surface area contributed by atoms with Crippen LogP contribution in [0, 0.1) is 0 Å². The molecule has 0 saturated carbocycles. The van der Waals surface area contributed by atoms with Crippen LogP contribution < -0.4 is 0 Å². The first-order chi connectivity index (χ1) is 7.77. The van der Waals surface area contributed by atoms with E-state index >= 15 is 0 Å². The second-order valence-corrected chi connectivity index (χ2v) is 7.09. The molecule has 0 unspecified atom stereocenters. The lowest BCUT2D eigenvalue weighted by atomic mass is 10.1. The summed E-state index contributed by atoms with van der Waals surface area (Å²) in [6.07, 6.45) is 1.36. The summed E-state index contributed by atoms with van der Waals surface area (Å²) in [5.41, 5.74) is 3.02. The van der Waals surface area contributed by atoms with Crippen LogP contribution in [0.15, 0.2) is 24.3 Å². The Morgan fingerprint density at radius 1 is 1.19 bits per heavy atom. The van der Waals surface area contributed by atoms with Gasteiger partial charge in [-0.05, 0) is 43.1 Å². The first-order valence-electron chi connectivity index (χ1n) is 5.73. The molecule has 3 heteroatoms. The van der Waals surface area contributed by atoms with Gasteiger partial charge in [0, 0.05) is 6.54 Å². The molecule has 0 atom stereocenters.